The van der Waals surface area contributed by atoms with Gasteiger partial charge in [-0.1, -0.05) is 35.9 Å². The van der Waals surface area contributed by atoms with Gasteiger partial charge in [-0.3, -0.25) is 14.3 Å². The zero-order valence-corrected chi connectivity index (χ0v) is 30.5. The van der Waals surface area contributed by atoms with Crippen LogP contribution in [0.25, 0.3) is 0 Å². The van der Waals surface area contributed by atoms with E-state index in [-0.39, 0.29) is 35.2 Å². The fourth-order valence-electron chi connectivity index (χ4n) is 8.50. The Morgan fingerprint density at radius 1 is 1.12 bits per heavy atom. The molecular weight excluding hydrogens is 649 g/mol. The summed E-state index contributed by atoms with van der Waals surface area (Å²) in [7, 11) is -1.37. The Kier molecular flexibility index (Phi) is 10.0. The minimum Gasteiger partial charge on any atom is -0.490 e. The van der Waals surface area contributed by atoms with E-state index in [1.165, 1.54) is 16.7 Å². The zero-order chi connectivity index (χ0) is 34.9. The number of nitrogens with zero attached hydrogens (tertiary/aromatic N) is 4. The molecule has 9 nitrogen and oxygen atoms in total. The summed E-state index contributed by atoms with van der Waals surface area (Å²) in [5.74, 6) is 0.748. The van der Waals surface area contributed by atoms with Gasteiger partial charge >= 0.3 is 0 Å². The van der Waals surface area contributed by atoms with Gasteiger partial charge in [0.05, 0.1) is 39.6 Å². The number of ether oxygens (including phenoxy) is 2. The highest BCUT2D eigenvalue weighted by Crippen LogP contribution is 2.47. The van der Waals surface area contributed by atoms with Crippen LogP contribution in [0.4, 0.5) is 5.69 Å². The van der Waals surface area contributed by atoms with Crippen LogP contribution in [0, 0.1) is 25.7 Å². The van der Waals surface area contributed by atoms with Gasteiger partial charge in [0, 0.05) is 56.1 Å². The third-order valence-electron chi connectivity index (χ3n) is 11.3. The number of fused-ring (bicyclic) bond motifs is 4. The van der Waals surface area contributed by atoms with Crippen LogP contribution >= 0.6 is 0 Å². The van der Waals surface area contributed by atoms with E-state index in [0.717, 1.165) is 62.3 Å². The number of rotatable bonds is 6. The Labute approximate surface area is 296 Å². The zero-order valence-electron chi connectivity index (χ0n) is 29.6. The standard InChI is InChI=1S/C40H50N4O5S/c1-28-10-14-35-30(22-28)8-7-18-40(35)26-43-24-32-11-13-34(32)37(48-3)9-5-4-6-21-50(47,25-33(45)17-20-44-19-16-29(2)41-44)42-39(46)31-12-15-38(49-27-40)36(43)23-31/h5,9-10,12,14-16,19,22-23,32,34,37H,4,6-8,11,13,17-18,20-21,24-27H2,1-3H3/b9-5+/t32-,34+,37-,40-,50+/m0/s1. The van der Waals surface area contributed by atoms with Crippen LogP contribution in [0.2, 0.25) is 0 Å². The van der Waals surface area contributed by atoms with Gasteiger partial charge in [0.25, 0.3) is 5.91 Å². The maximum Gasteiger partial charge on any atom is 0.285 e. The van der Waals surface area contributed by atoms with Gasteiger partial charge in [0.1, 0.15) is 11.5 Å². The first-order valence-electron chi connectivity index (χ1n) is 18.2. The van der Waals surface area contributed by atoms with Gasteiger partial charge in [-0.15, -0.1) is 0 Å². The number of amides is 1. The van der Waals surface area contributed by atoms with Crippen LogP contribution in [0.15, 0.2) is 65.2 Å². The summed E-state index contributed by atoms with van der Waals surface area (Å²) in [5, 5.41) is 4.36. The molecule has 7 rings (SSSR count). The molecule has 1 spiro atoms. The van der Waals surface area contributed by atoms with Crippen LogP contribution in [0.5, 0.6) is 5.75 Å². The number of ketones is 1. The van der Waals surface area contributed by atoms with Crippen molar-refractivity contribution < 1.29 is 23.3 Å². The van der Waals surface area contributed by atoms with Crippen molar-refractivity contribution in [2.24, 2.45) is 16.2 Å². The van der Waals surface area contributed by atoms with E-state index in [1.54, 1.807) is 17.9 Å². The number of anilines is 1. The van der Waals surface area contributed by atoms with Gasteiger partial charge in [-0.2, -0.15) is 9.46 Å². The molecule has 1 saturated carbocycles. The molecular formula is C40H50N4O5S. The molecule has 4 aliphatic rings. The predicted molar refractivity (Wildman–Crippen MR) is 197 cm³/mol. The van der Waals surface area contributed by atoms with Crippen molar-refractivity contribution in [2.75, 3.05) is 43.2 Å². The topological polar surface area (TPSA) is 103 Å². The molecule has 3 aromatic rings. The van der Waals surface area contributed by atoms with E-state index in [9.17, 15) is 13.8 Å². The first kappa shape index (κ1) is 34.7. The molecule has 0 radical (unpaired) electrons. The quantitative estimate of drug-likeness (QED) is 0.266. The SMILES string of the molecule is CO[C@H]1/C=C/CCC[S@@](=O)(CC(=O)CCn2ccc(C)n2)=NC(=O)c2ccc3c(c2)N(C[C@@H]2CC[C@H]21)C[C@@]1(CCCc2cc(C)ccc21)CO3. The van der Waals surface area contributed by atoms with E-state index in [0.29, 0.717) is 43.4 Å². The third-order valence-corrected chi connectivity index (χ3v) is 13.5. The lowest BCUT2D eigenvalue weighted by Gasteiger charge is -2.46. The number of aromatic nitrogens is 2. The molecule has 2 aromatic carbocycles. The maximum atomic E-state index is 14.4. The van der Waals surface area contributed by atoms with E-state index >= 15 is 0 Å². The van der Waals surface area contributed by atoms with E-state index in [2.05, 4.69) is 51.6 Å². The van der Waals surface area contributed by atoms with Gasteiger partial charge in [0.2, 0.25) is 0 Å². The summed E-state index contributed by atoms with van der Waals surface area (Å²) in [6.45, 7) is 6.62. The Morgan fingerprint density at radius 3 is 2.78 bits per heavy atom. The molecule has 2 bridgehead atoms. The average Bonchev–Trinajstić information content (AvgIpc) is 3.44. The number of carbonyl (C=O) groups is 2. The normalized spacial score (nSPS) is 28.7. The second kappa shape index (κ2) is 14.5. The van der Waals surface area contributed by atoms with Crippen LogP contribution in [0.1, 0.15) is 77.7 Å². The minimum absolute atomic E-state index is 0.00818. The van der Waals surface area contributed by atoms with Crippen LogP contribution < -0.4 is 9.64 Å². The molecule has 5 atom stereocenters. The van der Waals surface area contributed by atoms with Gasteiger partial charge in [-0.05, 0) is 106 Å². The number of benzene rings is 2. The number of hydrogen-bond acceptors (Lipinski definition) is 7. The van der Waals surface area contributed by atoms with Crippen molar-refractivity contribution >= 4 is 27.1 Å². The van der Waals surface area contributed by atoms with E-state index < -0.39 is 15.6 Å². The largest absolute Gasteiger partial charge is 0.490 e. The van der Waals surface area contributed by atoms with Crippen LogP contribution in [-0.2, 0) is 37.6 Å². The summed E-state index contributed by atoms with van der Waals surface area (Å²) in [6.07, 6.45) is 12.9. The third kappa shape index (κ3) is 7.33. The molecule has 0 N–H and O–H groups in total. The van der Waals surface area contributed by atoms with Crippen molar-refractivity contribution in [1.29, 1.82) is 0 Å². The van der Waals surface area contributed by atoms with Crippen molar-refractivity contribution in [1.82, 2.24) is 9.78 Å². The molecule has 266 valence electrons. The lowest BCUT2D eigenvalue weighted by atomic mass is 9.68. The Morgan fingerprint density at radius 2 is 2.00 bits per heavy atom. The minimum atomic E-state index is -3.16. The van der Waals surface area contributed by atoms with Gasteiger partial charge in [-0.25, -0.2) is 4.21 Å². The Bertz CT molecular complexity index is 1910. The molecule has 50 heavy (non-hydrogen) atoms. The maximum absolute atomic E-state index is 14.4. The number of carbonyl (C=O) groups excluding carboxylic acids is 2. The van der Waals surface area contributed by atoms with Gasteiger partial charge in [0.15, 0.2) is 0 Å². The number of methoxy groups -OCH3 is 1. The van der Waals surface area contributed by atoms with Gasteiger partial charge < -0.3 is 14.4 Å². The first-order valence-corrected chi connectivity index (χ1v) is 20.1. The first-order chi connectivity index (χ1) is 24.1. The van der Waals surface area contributed by atoms with E-state index in [1.807, 2.05) is 31.3 Å². The molecule has 0 unspecified atom stereocenters. The summed E-state index contributed by atoms with van der Waals surface area (Å²) in [5.41, 5.74) is 5.99. The molecule has 1 amide bonds. The molecule has 2 aliphatic carbocycles. The molecule has 2 aliphatic heterocycles. The van der Waals surface area contributed by atoms with E-state index in [4.69, 9.17) is 9.47 Å². The highest BCUT2D eigenvalue weighted by molar-refractivity contribution is 7.94. The molecule has 3 heterocycles. The second-order valence-corrected chi connectivity index (χ2v) is 17.4. The number of Topliss-reactive ketones (excluding diaryl/α,β-unsaturated/α-hetero) is 1. The lowest BCUT2D eigenvalue weighted by molar-refractivity contribution is -0.116. The summed E-state index contributed by atoms with van der Waals surface area (Å²) in [6, 6.07) is 14.2. The Balaban J connectivity index is 1.24. The Hall–Kier alpha value is -3.76. The number of allylic oxidation sites excluding steroid dienone is 1. The second-order valence-electron chi connectivity index (χ2n) is 14.9. The summed E-state index contributed by atoms with van der Waals surface area (Å²) >= 11 is 0. The number of hydrogen-bond donors (Lipinski definition) is 0. The average molecular weight is 699 g/mol. The fourth-order valence-corrected chi connectivity index (χ4v) is 10.5. The predicted octanol–water partition coefficient (Wildman–Crippen LogP) is 6.63. The van der Waals surface area contributed by atoms with Crippen LogP contribution in [-0.4, -0.2) is 70.1 Å². The number of aryl methyl sites for hydroxylation is 4. The summed E-state index contributed by atoms with van der Waals surface area (Å²) in [4.78, 5) is 29.5. The van der Waals surface area contributed by atoms with Crippen LogP contribution in [0.3, 0.4) is 0 Å². The monoisotopic (exact) mass is 698 g/mol. The molecule has 1 fully saturated rings. The molecule has 10 heteroatoms. The fraction of sp³-hybridized carbons (Fsp3) is 0.525. The summed E-state index contributed by atoms with van der Waals surface area (Å²) < 4.78 is 33.2. The smallest absolute Gasteiger partial charge is 0.285 e. The van der Waals surface area contributed by atoms with Crippen molar-refractivity contribution in [3.63, 3.8) is 0 Å². The highest BCUT2D eigenvalue weighted by Gasteiger charge is 2.44. The van der Waals surface area contributed by atoms with Crippen molar-refractivity contribution in [2.45, 2.75) is 83.3 Å². The van der Waals surface area contributed by atoms with Crippen molar-refractivity contribution in [3.8, 4) is 5.75 Å². The highest BCUT2D eigenvalue weighted by atomic mass is 32.2. The lowest BCUT2D eigenvalue weighted by Crippen LogP contribution is -2.49. The molecule has 0 saturated heterocycles. The molecule has 1 aromatic heterocycles. The van der Waals surface area contributed by atoms with Crippen molar-refractivity contribution in [3.05, 3.63) is 88.8 Å².